The van der Waals surface area contributed by atoms with Crippen LogP contribution in [0, 0.1) is 5.92 Å². The summed E-state index contributed by atoms with van der Waals surface area (Å²) in [5.41, 5.74) is 0.684. The molecule has 1 aromatic heterocycles. The highest BCUT2D eigenvalue weighted by Crippen LogP contribution is 2.29. The molecule has 0 saturated carbocycles. The molecule has 0 radical (unpaired) electrons. The quantitative estimate of drug-likeness (QED) is 0.833. The van der Waals surface area contributed by atoms with Crippen molar-refractivity contribution < 1.29 is 9.84 Å². The molecule has 1 N–H and O–H groups in total. The molecule has 0 amide bonds. The first-order chi connectivity index (χ1) is 7.27. The normalized spacial score (nSPS) is 20.1. The van der Waals surface area contributed by atoms with Crippen molar-refractivity contribution in [3.8, 4) is 0 Å². The largest absolute Gasteiger partial charge is 0.387 e. The zero-order valence-electron chi connectivity index (χ0n) is 8.27. The maximum atomic E-state index is 10.1. The fraction of sp³-hybridized carbons (Fsp3) is 0.600. The third-order valence-electron chi connectivity index (χ3n) is 2.67. The molecule has 1 aliphatic heterocycles. The first kappa shape index (κ1) is 11.0. The van der Waals surface area contributed by atoms with Crippen molar-refractivity contribution in [3.63, 3.8) is 0 Å². The molecule has 0 bridgehead atoms. The molecule has 0 spiro atoms. The second-order valence-electron chi connectivity index (χ2n) is 3.66. The topological polar surface area (TPSA) is 55.2 Å². The molecule has 4 nitrogen and oxygen atoms in total. The summed E-state index contributed by atoms with van der Waals surface area (Å²) in [6.07, 6.45) is 2.74. The Balaban J connectivity index is 2.08. The second-order valence-corrected chi connectivity index (χ2v) is 4.47. The van der Waals surface area contributed by atoms with Crippen LogP contribution in [0.4, 0.5) is 0 Å². The van der Waals surface area contributed by atoms with Gasteiger partial charge < -0.3 is 9.84 Å². The monoisotopic (exact) mass is 272 g/mol. The van der Waals surface area contributed by atoms with E-state index in [0.717, 1.165) is 26.1 Å². The van der Waals surface area contributed by atoms with Gasteiger partial charge in [-0.2, -0.15) is 0 Å². The van der Waals surface area contributed by atoms with E-state index in [4.69, 9.17) is 4.74 Å². The van der Waals surface area contributed by atoms with Crippen LogP contribution in [0.3, 0.4) is 0 Å². The molecule has 0 aromatic carbocycles. The van der Waals surface area contributed by atoms with Gasteiger partial charge in [-0.1, -0.05) is 0 Å². The number of hydrogen-bond acceptors (Lipinski definition) is 4. The molecule has 0 aliphatic carbocycles. The Morgan fingerprint density at radius 3 is 2.80 bits per heavy atom. The van der Waals surface area contributed by atoms with E-state index in [1.807, 2.05) is 0 Å². The molecule has 5 heteroatoms. The van der Waals surface area contributed by atoms with E-state index in [9.17, 15) is 5.11 Å². The Kier molecular flexibility index (Phi) is 3.66. The lowest BCUT2D eigenvalue weighted by atomic mass is 9.92. The van der Waals surface area contributed by atoms with Gasteiger partial charge in [0.25, 0.3) is 0 Å². The van der Waals surface area contributed by atoms with E-state index in [-0.39, 0.29) is 5.92 Å². The van der Waals surface area contributed by atoms with Crippen LogP contribution in [0.15, 0.2) is 17.0 Å². The maximum Gasteiger partial charge on any atom is 0.117 e. The van der Waals surface area contributed by atoms with E-state index in [2.05, 4.69) is 25.9 Å². The van der Waals surface area contributed by atoms with Crippen molar-refractivity contribution in [2.24, 2.45) is 5.92 Å². The van der Waals surface area contributed by atoms with E-state index >= 15 is 0 Å². The highest BCUT2D eigenvalue weighted by molar-refractivity contribution is 9.10. The van der Waals surface area contributed by atoms with E-state index < -0.39 is 6.10 Å². The molecular formula is C10H13BrN2O2. The summed E-state index contributed by atoms with van der Waals surface area (Å²) in [6.45, 7) is 1.46. The van der Waals surface area contributed by atoms with Gasteiger partial charge in [-0.15, -0.1) is 0 Å². The van der Waals surface area contributed by atoms with Gasteiger partial charge >= 0.3 is 0 Å². The standard InChI is InChI=1S/C10H13BrN2O2/c11-9-5-8(12-6-13-9)10(14)7-1-3-15-4-2-7/h5-7,10,14H,1-4H2. The third kappa shape index (κ3) is 2.74. The molecule has 1 fully saturated rings. The summed E-state index contributed by atoms with van der Waals surface area (Å²) in [5, 5.41) is 10.1. The number of aliphatic hydroxyl groups excluding tert-OH is 1. The van der Waals surface area contributed by atoms with Crippen molar-refractivity contribution in [2.45, 2.75) is 18.9 Å². The molecule has 82 valence electrons. The number of rotatable bonds is 2. The predicted octanol–water partition coefficient (Wildman–Crippen LogP) is 1.70. The lowest BCUT2D eigenvalue weighted by Crippen LogP contribution is -2.22. The van der Waals surface area contributed by atoms with Gasteiger partial charge in [0.05, 0.1) is 11.8 Å². The van der Waals surface area contributed by atoms with Gasteiger partial charge in [-0.3, -0.25) is 0 Å². The number of halogens is 1. The molecule has 1 unspecified atom stereocenters. The van der Waals surface area contributed by atoms with Crippen LogP contribution < -0.4 is 0 Å². The Morgan fingerprint density at radius 2 is 2.13 bits per heavy atom. The Bertz CT molecular complexity index is 329. The minimum Gasteiger partial charge on any atom is -0.387 e. The average Bonchev–Trinajstić information content (AvgIpc) is 2.29. The van der Waals surface area contributed by atoms with Crippen LogP contribution in [0.25, 0.3) is 0 Å². The molecule has 1 aromatic rings. The first-order valence-corrected chi connectivity index (χ1v) is 5.80. The van der Waals surface area contributed by atoms with Crippen LogP contribution in [0.1, 0.15) is 24.6 Å². The lowest BCUT2D eigenvalue weighted by molar-refractivity contribution is 0.00550. The molecule has 1 saturated heterocycles. The van der Waals surface area contributed by atoms with Gasteiger partial charge in [-0.25, -0.2) is 9.97 Å². The molecular weight excluding hydrogens is 260 g/mol. The van der Waals surface area contributed by atoms with Crippen molar-refractivity contribution in [2.75, 3.05) is 13.2 Å². The van der Waals surface area contributed by atoms with Gasteiger partial charge in [-0.05, 0) is 40.8 Å². The average molecular weight is 273 g/mol. The third-order valence-corrected chi connectivity index (χ3v) is 3.10. The minimum atomic E-state index is -0.506. The molecule has 1 aliphatic rings. The van der Waals surface area contributed by atoms with E-state index in [1.165, 1.54) is 6.33 Å². The van der Waals surface area contributed by atoms with Crippen LogP contribution in [0.2, 0.25) is 0 Å². The van der Waals surface area contributed by atoms with E-state index in [0.29, 0.717) is 10.3 Å². The number of aromatic nitrogens is 2. The fourth-order valence-corrected chi connectivity index (χ4v) is 2.11. The smallest absolute Gasteiger partial charge is 0.117 e. The Labute approximate surface area is 96.8 Å². The summed E-state index contributed by atoms with van der Waals surface area (Å²) in [4.78, 5) is 8.02. The van der Waals surface area contributed by atoms with Gasteiger partial charge in [0.2, 0.25) is 0 Å². The number of nitrogens with zero attached hydrogens (tertiary/aromatic N) is 2. The molecule has 2 rings (SSSR count). The zero-order valence-corrected chi connectivity index (χ0v) is 9.85. The minimum absolute atomic E-state index is 0.251. The SMILES string of the molecule is OC(c1cc(Br)ncn1)C1CCOCC1. The predicted molar refractivity (Wildman–Crippen MR) is 58.2 cm³/mol. The van der Waals surface area contributed by atoms with Crippen molar-refractivity contribution >= 4 is 15.9 Å². The second kappa shape index (κ2) is 5.01. The summed E-state index contributed by atoms with van der Waals surface area (Å²) in [5.74, 6) is 0.251. The Hall–Kier alpha value is -0.520. The van der Waals surface area contributed by atoms with Crippen LogP contribution >= 0.6 is 15.9 Å². The fourth-order valence-electron chi connectivity index (χ4n) is 1.78. The highest BCUT2D eigenvalue weighted by atomic mass is 79.9. The number of aliphatic hydroxyl groups is 1. The maximum absolute atomic E-state index is 10.1. The molecule has 1 atom stereocenters. The van der Waals surface area contributed by atoms with Crippen molar-refractivity contribution in [1.82, 2.24) is 9.97 Å². The van der Waals surface area contributed by atoms with Crippen molar-refractivity contribution in [1.29, 1.82) is 0 Å². The summed E-state index contributed by atoms with van der Waals surface area (Å²) in [6, 6.07) is 1.76. The molecule has 15 heavy (non-hydrogen) atoms. The first-order valence-electron chi connectivity index (χ1n) is 5.00. The van der Waals surface area contributed by atoms with Gasteiger partial charge in [0.15, 0.2) is 0 Å². The highest BCUT2D eigenvalue weighted by Gasteiger charge is 2.24. The van der Waals surface area contributed by atoms with Gasteiger partial charge in [0.1, 0.15) is 10.9 Å². The number of ether oxygens (including phenoxy) is 1. The summed E-state index contributed by atoms with van der Waals surface area (Å²) >= 11 is 3.27. The van der Waals surface area contributed by atoms with Crippen LogP contribution in [0.5, 0.6) is 0 Å². The van der Waals surface area contributed by atoms with Crippen molar-refractivity contribution in [3.05, 3.63) is 22.7 Å². The lowest BCUT2D eigenvalue weighted by Gasteiger charge is -2.26. The molecule has 2 heterocycles. The van der Waals surface area contributed by atoms with Crippen LogP contribution in [-0.2, 0) is 4.74 Å². The Morgan fingerprint density at radius 1 is 1.40 bits per heavy atom. The van der Waals surface area contributed by atoms with Gasteiger partial charge in [0, 0.05) is 13.2 Å². The summed E-state index contributed by atoms with van der Waals surface area (Å²) in [7, 11) is 0. The van der Waals surface area contributed by atoms with E-state index in [1.54, 1.807) is 6.07 Å². The summed E-state index contributed by atoms with van der Waals surface area (Å²) < 4.78 is 5.96. The number of hydrogen-bond donors (Lipinski definition) is 1. The zero-order chi connectivity index (χ0) is 10.7. The van der Waals surface area contributed by atoms with Crippen LogP contribution in [-0.4, -0.2) is 28.3 Å².